The molecule has 0 amide bonds. The SMILES string of the molecule is O[C@@H]1CC[C@H]2C=CC[C@@](O)(c3ccco3)[C@H]12. The number of fused-ring (bicyclic) bond motifs is 1. The molecule has 0 unspecified atom stereocenters. The maximum Gasteiger partial charge on any atom is 0.136 e. The van der Waals surface area contributed by atoms with E-state index < -0.39 is 11.7 Å². The highest BCUT2D eigenvalue weighted by molar-refractivity contribution is 5.21. The average Bonchev–Trinajstić information content (AvgIpc) is 2.88. The van der Waals surface area contributed by atoms with Gasteiger partial charge in [-0.1, -0.05) is 12.2 Å². The molecule has 0 saturated heterocycles. The molecule has 1 saturated carbocycles. The van der Waals surface area contributed by atoms with Crippen LogP contribution in [0.3, 0.4) is 0 Å². The highest BCUT2D eigenvalue weighted by Gasteiger charge is 2.51. The summed E-state index contributed by atoms with van der Waals surface area (Å²) < 4.78 is 5.34. The highest BCUT2D eigenvalue weighted by Crippen LogP contribution is 2.49. The van der Waals surface area contributed by atoms with Gasteiger partial charge >= 0.3 is 0 Å². The van der Waals surface area contributed by atoms with Crippen molar-refractivity contribution in [3.63, 3.8) is 0 Å². The molecule has 3 nitrogen and oxygen atoms in total. The maximum atomic E-state index is 10.8. The Morgan fingerprint density at radius 3 is 3.00 bits per heavy atom. The van der Waals surface area contributed by atoms with E-state index in [0.717, 1.165) is 12.8 Å². The number of aliphatic hydroxyl groups is 2. The molecule has 2 N–H and O–H groups in total. The Bertz CT molecular complexity index is 395. The molecule has 1 fully saturated rings. The predicted molar refractivity (Wildman–Crippen MR) is 58.6 cm³/mol. The molecule has 2 aliphatic rings. The first-order valence-corrected chi connectivity index (χ1v) is 5.83. The number of furan rings is 1. The average molecular weight is 220 g/mol. The van der Waals surface area contributed by atoms with Crippen molar-refractivity contribution in [1.82, 2.24) is 0 Å². The van der Waals surface area contributed by atoms with Crippen molar-refractivity contribution < 1.29 is 14.6 Å². The topological polar surface area (TPSA) is 53.6 Å². The van der Waals surface area contributed by atoms with Gasteiger partial charge in [0.05, 0.1) is 12.4 Å². The molecular weight excluding hydrogens is 204 g/mol. The summed E-state index contributed by atoms with van der Waals surface area (Å²) in [6.07, 6.45) is 7.51. The Morgan fingerprint density at radius 1 is 1.38 bits per heavy atom. The summed E-state index contributed by atoms with van der Waals surface area (Å²) in [7, 11) is 0. The van der Waals surface area contributed by atoms with Gasteiger partial charge in [0, 0.05) is 12.3 Å². The third-order valence-corrected chi connectivity index (χ3v) is 3.98. The van der Waals surface area contributed by atoms with Crippen LogP contribution >= 0.6 is 0 Å². The van der Waals surface area contributed by atoms with Crippen molar-refractivity contribution in [2.75, 3.05) is 0 Å². The van der Waals surface area contributed by atoms with Crippen LogP contribution in [0.15, 0.2) is 35.0 Å². The molecule has 1 aromatic rings. The lowest BCUT2D eigenvalue weighted by Crippen LogP contribution is -2.43. The van der Waals surface area contributed by atoms with Crippen LogP contribution in [0, 0.1) is 11.8 Å². The lowest BCUT2D eigenvalue weighted by molar-refractivity contribution is -0.0909. The summed E-state index contributed by atoms with van der Waals surface area (Å²) in [4.78, 5) is 0. The quantitative estimate of drug-likeness (QED) is 0.710. The Balaban J connectivity index is 2.03. The van der Waals surface area contributed by atoms with Crippen LogP contribution in [0.5, 0.6) is 0 Å². The van der Waals surface area contributed by atoms with Crippen LogP contribution in [-0.4, -0.2) is 16.3 Å². The summed E-state index contributed by atoms with van der Waals surface area (Å²) in [6, 6.07) is 3.57. The van der Waals surface area contributed by atoms with Gasteiger partial charge in [-0.15, -0.1) is 0 Å². The summed E-state index contributed by atoms with van der Waals surface area (Å²) in [5, 5.41) is 20.8. The first-order chi connectivity index (χ1) is 7.72. The largest absolute Gasteiger partial charge is 0.466 e. The van der Waals surface area contributed by atoms with Gasteiger partial charge in [-0.2, -0.15) is 0 Å². The standard InChI is InChI=1S/C13H16O3/c14-10-6-5-9-3-1-7-13(15,12(9)10)11-4-2-8-16-11/h1-4,8-10,12,14-15H,5-7H2/t9-,10-,12+,13-/m1/s1. The fourth-order valence-corrected chi connectivity index (χ4v) is 3.24. The minimum Gasteiger partial charge on any atom is -0.466 e. The van der Waals surface area contributed by atoms with Crippen molar-refractivity contribution in [1.29, 1.82) is 0 Å². The summed E-state index contributed by atoms with van der Waals surface area (Å²) >= 11 is 0. The molecule has 0 aromatic carbocycles. The number of aliphatic hydroxyl groups excluding tert-OH is 1. The van der Waals surface area contributed by atoms with Crippen molar-refractivity contribution >= 4 is 0 Å². The molecule has 1 heterocycles. The number of rotatable bonds is 1. The Labute approximate surface area is 94.4 Å². The third-order valence-electron chi connectivity index (χ3n) is 3.98. The van der Waals surface area contributed by atoms with Gasteiger partial charge in [-0.25, -0.2) is 0 Å². The van der Waals surface area contributed by atoms with Gasteiger partial charge < -0.3 is 14.6 Å². The second kappa shape index (κ2) is 3.47. The van der Waals surface area contributed by atoms with E-state index in [1.165, 1.54) is 0 Å². The van der Waals surface area contributed by atoms with Crippen LogP contribution in [0.1, 0.15) is 25.0 Å². The Hall–Kier alpha value is -1.06. The van der Waals surface area contributed by atoms with E-state index >= 15 is 0 Å². The van der Waals surface area contributed by atoms with Crippen LogP contribution in [0.4, 0.5) is 0 Å². The molecule has 0 aliphatic heterocycles. The molecule has 0 spiro atoms. The second-order valence-corrected chi connectivity index (χ2v) is 4.87. The molecule has 3 heteroatoms. The first-order valence-electron chi connectivity index (χ1n) is 5.83. The zero-order valence-corrected chi connectivity index (χ0v) is 9.04. The Morgan fingerprint density at radius 2 is 2.25 bits per heavy atom. The van der Waals surface area contributed by atoms with Gasteiger partial charge in [0.2, 0.25) is 0 Å². The van der Waals surface area contributed by atoms with E-state index in [-0.39, 0.29) is 11.8 Å². The fourth-order valence-electron chi connectivity index (χ4n) is 3.24. The van der Waals surface area contributed by atoms with E-state index in [0.29, 0.717) is 12.2 Å². The van der Waals surface area contributed by atoms with Crippen LogP contribution in [-0.2, 0) is 5.60 Å². The van der Waals surface area contributed by atoms with Crippen molar-refractivity contribution in [3.8, 4) is 0 Å². The van der Waals surface area contributed by atoms with E-state index in [1.807, 2.05) is 6.08 Å². The predicted octanol–water partition coefficient (Wildman–Crippen LogP) is 1.81. The summed E-state index contributed by atoms with van der Waals surface area (Å²) in [6.45, 7) is 0. The smallest absolute Gasteiger partial charge is 0.136 e. The van der Waals surface area contributed by atoms with Crippen molar-refractivity contribution in [2.24, 2.45) is 11.8 Å². The van der Waals surface area contributed by atoms with Crippen LogP contribution in [0.2, 0.25) is 0 Å². The molecule has 4 atom stereocenters. The molecule has 1 aromatic heterocycles. The van der Waals surface area contributed by atoms with Gasteiger partial charge in [0.25, 0.3) is 0 Å². The third kappa shape index (κ3) is 1.28. The van der Waals surface area contributed by atoms with Gasteiger partial charge in [0.1, 0.15) is 11.4 Å². The molecule has 16 heavy (non-hydrogen) atoms. The fraction of sp³-hybridized carbons (Fsp3) is 0.538. The van der Waals surface area contributed by atoms with Gasteiger partial charge in [0.15, 0.2) is 0 Å². The van der Waals surface area contributed by atoms with Gasteiger partial charge in [-0.05, 0) is 30.9 Å². The highest BCUT2D eigenvalue weighted by atomic mass is 16.4. The van der Waals surface area contributed by atoms with Crippen molar-refractivity contribution in [3.05, 3.63) is 36.3 Å². The molecule has 0 radical (unpaired) electrons. The minimum atomic E-state index is -1.03. The van der Waals surface area contributed by atoms with Crippen LogP contribution < -0.4 is 0 Å². The summed E-state index contributed by atoms with van der Waals surface area (Å²) in [5.74, 6) is 0.732. The van der Waals surface area contributed by atoms with E-state index in [9.17, 15) is 10.2 Å². The molecular formula is C13H16O3. The zero-order chi connectivity index (χ0) is 11.2. The molecule has 86 valence electrons. The monoisotopic (exact) mass is 220 g/mol. The van der Waals surface area contributed by atoms with E-state index in [2.05, 4.69) is 6.08 Å². The maximum absolute atomic E-state index is 10.8. The first kappa shape index (κ1) is 10.1. The Kier molecular flexibility index (Phi) is 2.19. The molecule has 2 aliphatic carbocycles. The zero-order valence-electron chi connectivity index (χ0n) is 9.04. The lowest BCUT2D eigenvalue weighted by atomic mass is 9.72. The van der Waals surface area contributed by atoms with Crippen LogP contribution in [0.25, 0.3) is 0 Å². The number of hydrogen-bond acceptors (Lipinski definition) is 3. The normalized spacial score (nSPS) is 42.2. The van der Waals surface area contributed by atoms with E-state index in [4.69, 9.17) is 4.42 Å². The van der Waals surface area contributed by atoms with Gasteiger partial charge in [-0.3, -0.25) is 0 Å². The molecule has 0 bridgehead atoms. The lowest BCUT2D eigenvalue weighted by Gasteiger charge is -2.38. The minimum absolute atomic E-state index is 0.122. The molecule has 3 rings (SSSR count). The second-order valence-electron chi connectivity index (χ2n) is 4.87. The van der Waals surface area contributed by atoms with E-state index in [1.54, 1.807) is 18.4 Å². The number of hydrogen-bond donors (Lipinski definition) is 2. The summed E-state index contributed by atoms with van der Waals surface area (Å²) in [5.41, 5.74) is -1.03. The number of allylic oxidation sites excluding steroid dienone is 1. The van der Waals surface area contributed by atoms with Crippen molar-refractivity contribution in [2.45, 2.75) is 31.0 Å².